The summed E-state index contributed by atoms with van der Waals surface area (Å²) in [7, 11) is 0. The second-order valence-electron chi connectivity index (χ2n) is 7.69. The third-order valence-corrected chi connectivity index (χ3v) is 4.34. The first-order valence-corrected chi connectivity index (χ1v) is 8.73. The molecule has 1 aromatic heterocycles. The minimum atomic E-state index is 0. The number of allylic oxidation sites excluding steroid dienone is 2. The van der Waals surface area contributed by atoms with Crippen molar-refractivity contribution >= 4 is 23.1 Å². The number of hydrogen-bond donors (Lipinski definition) is 1. The Morgan fingerprint density at radius 2 is 1.50 bits per heavy atom. The summed E-state index contributed by atoms with van der Waals surface area (Å²) in [5.41, 5.74) is 5.16. The smallest absolute Gasteiger partial charge is 1.00 e. The van der Waals surface area contributed by atoms with E-state index < -0.39 is 0 Å². The predicted molar refractivity (Wildman–Crippen MR) is 108 cm³/mol. The molecule has 0 saturated heterocycles. The summed E-state index contributed by atoms with van der Waals surface area (Å²) >= 11 is 0. The number of nitrogens with one attached hydrogen (secondary N) is 1. The Morgan fingerprint density at radius 1 is 0.893 bits per heavy atom. The molecule has 0 unspecified atom stereocenters. The molecule has 0 saturated carbocycles. The molecule has 0 fully saturated rings. The van der Waals surface area contributed by atoms with E-state index in [1.807, 2.05) is 12.1 Å². The number of para-hydroxylation sites is 1. The van der Waals surface area contributed by atoms with Crippen LogP contribution < -0.4 is 35.3 Å². The van der Waals surface area contributed by atoms with Gasteiger partial charge in [-0.2, -0.15) is 5.39 Å². The summed E-state index contributed by atoms with van der Waals surface area (Å²) < 4.78 is 0. The van der Waals surface area contributed by atoms with Crippen LogP contribution in [-0.4, -0.2) is 4.98 Å². The summed E-state index contributed by atoms with van der Waals surface area (Å²) in [6.07, 6.45) is 8.77. The molecular weight excluding hydrogens is 421 g/mol. The van der Waals surface area contributed by atoms with Crippen LogP contribution in [0.3, 0.4) is 0 Å². The summed E-state index contributed by atoms with van der Waals surface area (Å²) in [6.45, 7) is 10.9. The summed E-state index contributed by atoms with van der Waals surface area (Å²) in [5.74, 6) is 0. The first kappa shape index (κ1) is 26.8. The maximum absolute atomic E-state index is 3.36. The SMILES string of the molecule is CC(C)(C)c1[c-][nH]c2ccccc12.CC(C)=C1[C-]=c2ccccc2=C1.[Cl-].[Cl-].[Ti+4]. The first-order chi connectivity index (χ1) is 11.9. The van der Waals surface area contributed by atoms with Gasteiger partial charge in [0.2, 0.25) is 0 Å². The van der Waals surface area contributed by atoms with Gasteiger partial charge in [0, 0.05) is 0 Å². The van der Waals surface area contributed by atoms with Gasteiger partial charge >= 0.3 is 21.7 Å². The summed E-state index contributed by atoms with van der Waals surface area (Å²) in [6, 6.07) is 16.7. The van der Waals surface area contributed by atoms with E-state index in [0.717, 1.165) is 0 Å². The van der Waals surface area contributed by atoms with Crippen LogP contribution in [0.15, 0.2) is 59.7 Å². The van der Waals surface area contributed by atoms with Crippen molar-refractivity contribution in [2.24, 2.45) is 0 Å². The van der Waals surface area contributed by atoms with Gasteiger partial charge < -0.3 is 29.8 Å². The van der Waals surface area contributed by atoms with Crippen LogP contribution in [-0.2, 0) is 27.1 Å². The van der Waals surface area contributed by atoms with Gasteiger partial charge in [0.15, 0.2) is 0 Å². The molecule has 0 amide bonds. The maximum Gasteiger partial charge on any atom is 4.00 e. The molecule has 1 N–H and O–H groups in total. The molecule has 28 heavy (non-hydrogen) atoms. The van der Waals surface area contributed by atoms with Crippen molar-refractivity contribution in [1.82, 2.24) is 4.98 Å². The molecule has 0 spiro atoms. The monoisotopic (exact) mass is 445 g/mol. The van der Waals surface area contributed by atoms with Gasteiger partial charge in [-0.15, -0.1) is 69.2 Å². The van der Waals surface area contributed by atoms with Gasteiger partial charge in [-0.25, -0.2) is 0 Å². The molecule has 0 atom stereocenters. The third kappa shape index (κ3) is 6.13. The Balaban J connectivity index is 0.000000471. The molecule has 1 heterocycles. The molecule has 1 nitrogen and oxygen atoms in total. The van der Waals surface area contributed by atoms with Crippen molar-refractivity contribution in [3.8, 4) is 0 Å². The van der Waals surface area contributed by atoms with Crippen LogP contribution in [0.5, 0.6) is 0 Å². The van der Waals surface area contributed by atoms with Gasteiger partial charge in [0.25, 0.3) is 0 Å². The minimum absolute atomic E-state index is 0. The molecule has 0 radical (unpaired) electrons. The van der Waals surface area contributed by atoms with E-state index in [-0.39, 0.29) is 51.9 Å². The number of aromatic amines is 1. The summed E-state index contributed by atoms with van der Waals surface area (Å²) in [4.78, 5) is 3.17. The van der Waals surface area contributed by atoms with Crippen LogP contribution in [0.4, 0.5) is 0 Å². The predicted octanol–water partition coefficient (Wildman–Crippen LogP) is -1.25. The topological polar surface area (TPSA) is 15.8 Å². The fraction of sp³-hybridized carbons (Fsp3) is 0.250. The van der Waals surface area contributed by atoms with Gasteiger partial charge in [-0.3, -0.25) is 0 Å². The van der Waals surface area contributed by atoms with Crippen molar-refractivity contribution in [1.29, 1.82) is 0 Å². The average Bonchev–Trinajstić information content (AvgIpc) is 3.19. The van der Waals surface area contributed by atoms with Gasteiger partial charge in [0.1, 0.15) is 0 Å². The molecule has 1 aliphatic carbocycles. The molecule has 0 bridgehead atoms. The van der Waals surface area contributed by atoms with Crippen molar-refractivity contribution in [3.63, 3.8) is 0 Å². The molecule has 4 heteroatoms. The first-order valence-electron chi connectivity index (χ1n) is 8.73. The van der Waals surface area contributed by atoms with E-state index >= 15 is 0 Å². The van der Waals surface area contributed by atoms with Crippen LogP contribution in [0.25, 0.3) is 23.1 Å². The van der Waals surface area contributed by atoms with E-state index in [9.17, 15) is 0 Å². The standard InChI is InChI=1S/C12H14N.C12H11.2ClH.Ti/c1-12(2,3)10-8-13-11-7-5-4-6-9(10)11;1-9(2)12-7-10-5-3-4-6-11(10)8-12;;;/h4-7,13H,1-3H3;3-7H,1-2H3;2*1H;/q2*-1;;;+4/p-2. The maximum atomic E-state index is 3.36. The molecule has 144 valence electrons. The van der Waals surface area contributed by atoms with Crippen LogP contribution >= 0.6 is 0 Å². The molecule has 2 aromatic carbocycles. The fourth-order valence-electron chi connectivity index (χ4n) is 2.94. The van der Waals surface area contributed by atoms with E-state index in [1.54, 1.807) is 0 Å². The zero-order valence-corrected chi connectivity index (χ0v) is 20.0. The van der Waals surface area contributed by atoms with Crippen LogP contribution in [0.1, 0.15) is 40.2 Å². The van der Waals surface area contributed by atoms with Crippen molar-refractivity contribution in [3.05, 3.63) is 81.9 Å². The average molecular weight is 446 g/mol. The van der Waals surface area contributed by atoms with Crippen molar-refractivity contribution in [2.45, 2.75) is 40.0 Å². The van der Waals surface area contributed by atoms with Gasteiger partial charge in [-0.05, 0) is 5.41 Å². The Morgan fingerprint density at radius 3 is 2.11 bits per heavy atom. The Hall–Kier alpha value is -1.25. The largest absolute Gasteiger partial charge is 4.00 e. The fourth-order valence-corrected chi connectivity index (χ4v) is 2.94. The molecule has 1 aliphatic rings. The third-order valence-electron chi connectivity index (χ3n) is 4.34. The molecule has 4 rings (SSSR count). The van der Waals surface area contributed by atoms with E-state index in [2.05, 4.69) is 94.3 Å². The number of benzene rings is 2. The Bertz CT molecular complexity index is 1010. The molecular formula is C24H25Cl2NTi. The van der Waals surface area contributed by atoms with Gasteiger partial charge in [-0.1, -0.05) is 65.0 Å². The number of aromatic nitrogens is 1. The second kappa shape index (κ2) is 11.1. The normalized spacial score (nSPS) is 11.4. The number of fused-ring (bicyclic) bond motifs is 2. The minimum Gasteiger partial charge on any atom is -1.00 e. The van der Waals surface area contributed by atoms with Gasteiger partial charge in [0.05, 0.1) is 0 Å². The Kier molecular flexibility index (Phi) is 10.6. The summed E-state index contributed by atoms with van der Waals surface area (Å²) in [5, 5.41) is 3.79. The molecule has 0 aliphatic heterocycles. The Labute approximate surface area is 195 Å². The van der Waals surface area contributed by atoms with Crippen LogP contribution in [0.2, 0.25) is 0 Å². The van der Waals surface area contributed by atoms with E-state index in [1.165, 1.54) is 38.0 Å². The number of rotatable bonds is 0. The van der Waals surface area contributed by atoms with E-state index in [4.69, 9.17) is 0 Å². The van der Waals surface area contributed by atoms with Crippen molar-refractivity contribution in [2.75, 3.05) is 0 Å². The number of hydrogen-bond acceptors (Lipinski definition) is 0. The van der Waals surface area contributed by atoms with Crippen LogP contribution in [0, 0.1) is 6.20 Å². The zero-order chi connectivity index (χ0) is 18.0. The second-order valence-corrected chi connectivity index (χ2v) is 7.69. The number of halogens is 2. The molecule has 3 aromatic rings. The quantitative estimate of drug-likeness (QED) is 0.328. The van der Waals surface area contributed by atoms with Crippen molar-refractivity contribution < 1.29 is 46.5 Å². The van der Waals surface area contributed by atoms with E-state index in [0.29, 0.717) is 0 Å². The number of H-pyrrole nitrogens is 1. The zero-order valence-electron chi connectivity index (χ0n) is 17.0.